The molecule has 0 aliphatic carbocycles. The largest absolute Gasteiger partial charge is 0.478 e. The molecule has 0 saturated carbocycles. The van der Waals surface area contributed by atoms with Gasteiger partial charge in [0.1, 0.15) is 5.56 Å². The molecule has 0 aliphatic heterocycles. The third-order valence-corrected chi connectivity index (χ3v) is 1.94. The minimum atomic E-state index is -2.81. The van der Waals surface area contributed by atoms with Gasteiger partial charge in [-0.05, 0) is 25.2 Å². The molecule has 0 radical (unpaired) electrons. The van der Waals surface area contributed by atoms with Crippen molar-refractivity contribution < 1.29 is 24.2 Å². The molecular weight excluding hydrogens is 216 g/mol. The summed E-state index contributed by atoms with van der Waals surface area (Å²) in [7, 11) is -2.81. The van der Waals surface area contributed by atoms with Crippen molar-refractivity contribution in [3.8, 4) is 5.75 Å². The standard InChI is InChI=1S/C9H12O5Si/c1-15(2,12)14-13-8-6-4-3-5-7(8)9(10)11/h3-6,12H,1-2H3,(H,10,11). The molecule has 0 aliphatic rings. The molecule has 1 aromatic rings. The first-order valence-corrected chi connectivity index (χ1v) is 7.16. The molecule has 2 N–H and O–H groups in total. The van der Waals surface area contributed by atoms with Gasteiger partial charge >= 0.3 is 14.5 Å². The van der Waals surface area contributed by atoms with Crippen LogP contribution in [0, 0.1) is 0 Å². The van der Waals surface area contributed by atoms with Crippen molar-refractivity contribution in [1.82, 2.24) is 0 Å². The van der Waals surface area contributed by atoms with Crippen LogP contribution in [0.25, 0.3) is 0 Å². The third-order valence-electron chi connectivity index (χ3n) is 1.45. The van der Waals surface area contributed by atoms with Crippen LogP contribution in [0.3, 0.4) is 0 Å². The van der Waals surface area contributed by atoms with Gasteiger partial charge in [-0.3, -0.25) is 0 Å². The summed E-state index contributed by atoms with van der Waals surface area (Å²) in [4.78, 5) is 24.9. The molecule has 0 amide bonds. The number of aromatic carboxylic acids is 1. The molecule has 0 heterocycles. The van der Waals surface area contributed by atoms with Crippen LogP contribution in [0.4, 0.5) is 0 Å². The minimum Gasteiger partial charge on any atom is -0.478 e. The number of hydrogen-bond donors (Lipinski definition) is 2. The normalized spacial score (nSPS) is 11.1. The van der Waals surface area contributed by atoms with E-state index in [0.29, 0.717) is 0 Å². The Balaban J connectivity index is 2.81. The zero-order chi connectivity index (χ0) is 11.5. The van der Waals surface area contributed by atoms with Crippen LogP contribution >= 0.6 is 0 Å². The Bertz CT molecular complexity index is 358. The first-order chi connectivity index (χ1) is 6.90. The Morgan fingerprint density at radius 2 is 1.93 bits per heavy atom. The lowest BCUT2D eigenvalue weighted by atomic mass is 10.2. The summed E-state index contributed by atoms with van der Waals surface area (Å²) in [5.74, 6) is -1.02. The lowest BCUT2D eigenvalue weighted by Crippen LogP contribution is -2.31. The number of carboxylic acids is 1. The Morgan fingerprint density at radius 3 is 2.47 bits per heavy atom. The van der Waals surface area contributed by atoms with Crippen LogP contribution in [0.15, 0.2) is 24.3 Å². The Morgan fingerprint density at radius 1 is 1.33 bits per heavy atom. The van der Waals surface area contributed by atoms with Crippen molar-refractivity contribution in [2.75, 3.05) is 0 Å². The minimum absolute atomic E-state index is 0.00394. The van der Waals surface area contributed by atoms with E-state index in [0.717, 1.165) is 0 Å². The molecule has 0 saturated heterocycles. The van der Waals surface area contributed by atoms with Gasteiger partial charge in [-0.2, -0.15) is 0 Å². The van der Waals surface area contributed by atoms with Crippen molar-refractivity contribution in [3.63, 3.8) is 0 Å². The molecule has 5 nitrogen and oxygen atoms in total. The fourth-order valence-corrected chi connectivity index (χ4v) is 1.16. The second-order valence-corrected chi connectivity index (χ2v) is 6.47. The average Bonchev–Trinajstić information content (AvgIpc) is 2.14. The van der Waals surface area contributed by atoms with Crippen LogP contribution in [0.5, 0.6) is 5.75 Å². The van der Waals surface area contributed by atoms with Crippen molar-refractivity contribution in [3.05, 3.63) is 29.8 Å². The van der Waals surface area contributed by atoms with Crippen LogP contribution in [0.1, 0.15) is 10.4 Å². The molecule has 1 rings (SSSR count). The second kappa shape index (κ2) is 4.43. The predicted octanol–water partition coefficient (Wildman–Crippen LogP) is 1.39. The molecule has 0 aromatic heterocycles. The van der Waals surface area contributed by atoms with Gasteiger partial charge in [0, 0.05) is 0 Å². The Kier molecular flexibility index (Phi) is 3.46. The second-order valence-electron chi connectivity index (χ2n) is 3.41. The smallest absolute Gasteiger partial charge is 0.382 e. The van der Waals surface area contributed by atoms with Gasteiger partial charge in [-0.1, -0.05) is 12.1 Å². The van der Waals surface area contributed by atoms with Gasteiger partial charge in [0.15, 0.2) is 5.75 Å². The van der Waals surface area contributed by atoms with E-state index in [-0.39, 0.29) is 11.3 Å². The van der Waals surface area contributed by atoms with Crippen molar-refractivity contribution in [2.24, 2.45) is 0 Å². The van der Waals surface area contributed by atoms with Gasteiger partial charge in [-0.15, -0.1) is 0 Å². The summed E-state index contributed by atoms with van der Waals surface area (Å²) in [6.45, 7) is 3.02. The van der Waals surface area contributed by atoms with Crippen LogP contribution < -0.4 is 4.89 Å². The van der Waals surface area contributed by atoms with E-state index in [1.54, 1.807) is 12.1 Å². The maximum Gasteiger partial charge on any atom is 0.382 e. The lowest BCUT2D eigenvalue weighted by Gasteiger charge is -2.14. The maximum atomic E-state index is 10.8. The Hall–Kier alpha value is -1.37. The molecule has 0 atom stereocenters. The summed E-state index contributed by atoms with van der Waals surface area (Å²) in [6, 6.07) is 6.06. The van der Waals surface area contributed by atoms with E-state index >= 15 is 0 Å². The monoisotopic (exact) mass is 228 g/mol. The number of carbonyl (C=O) groups is 1. The highest BCUT2D eigenvalue weighted by molar-refractivity contribution is 6.62. The highest BCUT2D eigenvalue weighted by Gasteiger charge is 2.23. The summed E-state index contributed by atoms with van der Waals surface area (Å²) in [6.07, 6.45) is 0. The number of para-hydroxylation sites is 1. The van der Waals surface area contributed by atoms with Gasteiger partial charge in [-0.25, -0.2) is 9.37 Å². The molecule has 6 heteroatoms. The summed E-state index contributed by atoms with van der Waals surface area (Å²) < 4.78 is 4.74. The molecule has 82 valence electrons. The topological polar surface area (TPSA) is 76.0 Å². The highest BCUT2D eigenvalue weighted by atomic mass is 28.4. The predicted molar refractivity (Wildman–Crippen MR) is 54.8 cm³/mol. The van der Waals surface area contributed by atoms with Gasteiger partial charge in [0.2, 0.25) is 0 Å². The molecule has 1 aromatic carbocycles. The van der Waals surface area contributed by atoms with E-state index in [9.17, 15) is 9.59 Å². The average molecular weight is 228 g/mol. The molecule has 0 spiro atoms. The zero-order valence-corrected chi connectivity index (χ0v) is 9.43. The quantitative estimate of drug-likeness (QED) is 0.462. The molecule has 0 bridgehead atoms. The van der Waals surface area contributed by atoms with Crippen LogP contribution in [-0.4, -0.2) is 24.4 Å². The third kappa shape index (κ3) is 3.70. The van der Waals surface area contributed by atoms with Crippen molar-refractivity contribution in [1.29, 1.82) is 0 Å². The fraction of sp³-hybridized carbons (Fsp3) is 0.222. The number of hydrogen-bond acceptors (Lipinski definition) is 4. The molecule has 0 fully saturated rings. The van der Waals surface area contributed by atoms with Crippen LogP contribution in [0.2, 0.25) is 13.1 Å². The lowest BCUT2D eigenvalue weighted by molar-refractivity contribution is -0.128. The van der Waals surface area contributed by atoms with Crippen molar-refractivity contribution in [2.45, 2.75) is 13.1 Å². The van der Waals surface area contributed by atoms with Crippen LogP contribution in [-0.2, 0) is 4.58 Å². The van der Waals surface area contributed by atoms with E-state index in [1.165, 1.54) is 25.2 Å². The zero-order valence-electron chi connectivity index (χ0n) is 8.43. The number of rotatable bonds is 4. The van der Waals surface area contributed by atoms with Gasteiger partial charge in [0.25, 0.3) is 0 Å². The number of carboxylic acid groups (broad SMARTS) is 1. The van der Waals surface area contributed by atoms with E-state index < -0.39 is 14.5 Å². The fourth-order valence-electron chi connectivity index (χ4n) is 0.863. The van der Waals surface area contributed by atoms with E-state index in [1.807, 2.05) is 0 Å². The maximum absolute atomic E-state index is 10.8. The Labute approximate surface area is 88.1 Å². The highest BCUT2D eigenvalue weighted by Crippen LogP contribution is 2.19. The van der Waals surface area contributed by atoms with Crippen molar-refractivity contribution >= 4 is 14.5 Å². The van der Waals surface area contributed by atoms with Gasteiger partial charge in [0.05, 0.1) is 0 Å². The summed E-state index contributed by atoms with van der Waals surface area (Å²) >= 11 is 0. The molecule has 0 unspecified atom stereocenters. The summed E-state index contributed by atoms with van der Waals surface area (Å²) in [5.41, 5.74) is -0.00394. The first kappa shape index (κ1) is 11.7. The first-order valence-electron chi connectivity index (χ1n) is 4.30. The van der Waals surface area contributed by atoms with E-state index in [2.05, 4.69) is 0 Å². The van der Waals surface area contributed by atoms with E-state index in [4.69, 9.17) is 14.6 Å². The number of benzene rings is 1. The SMILES string of the molecule is C[Si](C)(O)OOc1ccccc1C(=O)O. The molecular formula is C9H12O5Si. The molecule has 15 heavy (non-hydrogen) atoms. The van der Waals surface area contributed by atoms with Gasteiger partial charge < -0.3 is 14.8 Å². The summed E-state index contributed by atoms with van der Waals surface area (Å²) in [5, 5.41) is 8.81.